The minimum Gasteiger partial charge on any atom is -0.466 e. The molecule has 0 saturated carbocycles. The first-order valence-corrected chi connectivity index (χ1v) is 7.20. The summed E-state index contributed by atoms with van der Waals surface area (Å²) < 4.78 is 5.08. The summed E-state index contributed by atoms with van der Waals surface area (Å²) in [7, 11) is 0. The summed E-state index contributed by atoms with van der Waals surface area (Å²) >= 11 is 0. The highest BCUT2D eigenvalue weighted by molar-refractivity contribution is 5.74. The lowest BCUT2D eigenvalue weighted by Crippen LogP contribution is -2.39. The molecule has 1 unspecified atom stereocenters. The topological polar surface area (TPSA) is 72.7 Å². The largest absolute Gasteiger partial charge is 0.466 e. The number of benzene rings is 1. The molecule has 0 radical (unpaired) electrons. The molecular weight excluding hydrogens is 272 g/mol. The van der Waals surface area contributed by atoms with Crippen LogP contribution in [0.2, 0.25) is 0 Å². The molecule has 1 saturated heterocycles. The van der Waals surface area contributed by atoms with Crippen LogP contribution >= 0.6 is 0 Å². The lowest BCUT2D eigenvalue weighted by atomic mass is 9.97. The molecule has 0 aromatic heterocycles. The summed E-state index contributed by atoms with van der Waals surface area (Å²) in [5, 5.41) is 11.0. The molecule has 6 heteroatoms. The molecule has 2 rings (SSSR count). The molecule has 1 aromatic rings. The van der Waals surface area contributed by atoms with Gasteiger partial charge in [-0.3, -0.25) is 14.9 Å². The normalized spacial score (nSPS) is 18.4. The second-order valence-corrected chi connectivity index (χ2v) is 5.22. The lowest BCUT2D eigenvalue weighted by Gasteiger charge is -2.34. The number of hydrogen-bond acceptors (Lipinski definition) is 5. The van der Waals surface area contributed by atoms with Crippen molar-refractivity contribution in [3.63, 3.8) is 0 Å². The van der Waals surface area contributed by atoms with Gasteiger partial charge in [0.15, 0.2) is 0 Å². The van der Waals surface area contributed by atoms with E-state index in [9.17, 15) is 14.9 Å². The molecule has 1 aromatic carbocycles. The minimum absolute atomic E-state index is 0.116. The number of nitrogens with zero attached hydrogens (tertiary/aromatic N) is 2. The van der Waals surface area contributed by atoms with Gasteiger partial charge in [0.1, 0.15) is 0 Å². The molecule has 1 aliphatic rings. The Hall–Kier alpha value is -2.11. The second kappa shape index (κ2) is 6.56. The Balaban J connectivity index is 2.20. The van der Waals surface area contributed by atoms with Crippen molar-refractivity contribution in [3.8, 4) is 0 Å². The minimum atomic E-state index is -0.369. The van der Waals surface area contributed by atoms with Crippen LogP contribution < -0.4 is 4.90 Å². The van der Waals surface area contributed by atoms with Crippen molar-refractivity contribution in [2.45, 2.75) is 26.7 Å². The second-order valence-electron chi connectivity index (χ2n) is 5.22. The van der Waals surface area contributed by atoms with Crippen LogP contribution in [0.5, 0.6) is 0 Å². The van der Waals surface area contributed by atoms with Crippen LogP contribution in [0.25, 0.3) is 0 Å². The Kier molecular flexibility index (Phi) is 4.77. The van der Waals surface area contributed by atoms with E-state index in [1.165, 1.54) is 6.07 Å². The maximum absolute atomic E-state index is 11.9. The molecule has 6 nitrogen and oxygen atoms in total. The molecule has 114 valence electrons. The predicted octanol–water partition coefficient (Wildman–Crippen LogP) is 2.68. The van der Waals surface area contributed by atoms with Gasteiger partial charge in [-0.2, -0.15) is 0 Å². The predicted molar refractivity (Wildman–Crippen MR) is 79.4 cm³/mol. The first kappa shape index (κ1) is 15.3. The standard InChI is InChI=1S/C15H20N2O4/c1-3-21-15(18)12-6-5-9-16(10-12)13-7-4-8-14(11(13)2)17(19)20/h4,7-8,12H,3,5-6,9-10H2,1-2H3. The van der Waals surface area contributed by atoms with E-state index < -0.39 is 0 Å². The van der Waals surface area contributed by atoms with Crippen molar-refractivity contribution in [3.05, 3.63) is 33.9 Å². The maximum Gasteiger partial charge on any atom is 0.310 e. The SMILES string of the molecule is CCOC(=O)C1CCCN(c2cccc([N+](=O)[O-])c2C)C1. The molecule has 0 spiro atoms. The highest BCUT2D eigenvalue weighted by Gasteiger charge is 2.28. The van der Waals surface area contributed by atoms with Gasteiger partial charge in [-0.1, -0.05) is 6.07 Å². The molecule has 0 aliphatic carbocycles. The summed E-state index contributed by atoms with van der Waals surface area (Å²) in [5.74, 6) is -0.331. The van der Waals surface area contributed by atoms with Gasteiger partial charge in [0, 0.05) is 24.8 Å². The summed E-state index contributed by atoms with van der Waals surface area (Å²) in [6.45, 7) is 5.29. The molecule has 1 heterocycles. The monoisotopic (exact) mass is 292 g/mol. The van der Waals surface area contributed by atoms with E-state index >= 15 is 0 Å². The van der Waals surface area contributed by atoms with E-state index in [0.29, 0.717) is 18.7 Å². The van der Waals surface area contributed by atoms with Crippen molar-refractivity contribution < 1.29 is 14.5 Å². The molecule has 1 fully saturated rings. The number of hydrogen-bond donors (Lipinski definition) is 0. The summed E-state index contributed by atoms with van der Waals surface area (Å²) in [6, 6.07) is 5.07. The zero-order valence-electron chi connectivity index (χ0n) is 12.4. The van der Waals surface area contributed by atoms with Crippen molar-refractivity contribution in [1.29, 1.82) is 0 Å². The fourth-order valence-electron chi connectivity index (χ4n) is 2.80. The third kappa shape index (κ3) is 3.32. The molecule has 0 bridgehead atoms. The van der Waals surface area contributed by atoms with E-state index in [-0.39, 0.29) is 22.5 Å². The maximum atomic E-state index is 11.9. The first-order chi connectivity index (χ1) is 10.0. The Labute approximate surface area is 123 Å². The lowest BCUT2D eigenvalue weighted by molar-refractivity contribution is -0.385. The van der Waals surface area contributed by atoms with Crippen LogP contribution in [-0.4, -0.2) is 30.6 Å². The smallest absolute Gasteiger partial charge is 0.310 e. The average Bonchev–Trinajstić information content (AvgIpc) is 2.47. The number of carbonyl (C=O) groups is 1. The molecular formula is C15H20N2O4. The van der Waals surface area contributed by atoms with E-state index in [4.69, 9.17) is 4.74 Å². The van der Waals surface area contributed by atoms with Gasteiger partial charge in [0.2, 0.25) is 0 Å². The number of ether oxygens (including phenoxy) is 1. The van der Waals surface area contributed by atoms with Gasteiger partial charge in [-0.15, -0.1) is 0 Å². The highest BCUT2D eigenvalue weighted by atomic mass is 16.6. The Morgan fingerprint density at radius 1 is 1.52 bits per heavy atom. The number of rotatable bonds is 4. The van der Waals surface area contributed by atoms with Crippen molar-refractivity contribution in [1.82, 2.24) is 0 Å². The molecule has 1 aliphatic heterocycles. The van der Waals surface area contributed by atoms with Crippen LogP contribution in [0, 0.1) is 23.0 Å². The fourth-order valence-corrected chi connectivity index (χ4v) is 2.80. The molecule has 1 atom stereocenters. The Morgan fingerprint density at radius 2 is 2.29 bits per heavy atom. The fraction of sp³-hybridized carbons (Fsp3) is 0.533. The zero-order valence-corrected chi connectivity index (χ0v) is 12.4. The quantitative estimate of drug-likeness (QED) is 0.484. The summed E-state index contributed by atoms with van der Waals surface area (Å²) in [5.41, 5.74) is 1.59. The van der Waals surface area contributed by atoms with E-state index in [0.717, 1.165) is 25.1 Å². The third-order valence-corrected chi connectivity index (χ3v) is 3.86. The van der Waals surface area contributed by atoms with Gasteiger partial charge >= 0.3 is 5.97 Å². The first-order valence-electron chi connectivity index (χ1n) is 7.20. The van der Waals surface area contributed by atoms with E-state index in [2.05, 4.69) is 0 Å². The number of esters is 1. The van der Waals surface area contributed by atoms with Crippen LogP contribution in [0.1, 0.15) is 25.3 Å². The summed E-state index contributed by atoms with van der Waals surface area (Å²) in [6.07, 6.45) is 1.69. The third-order valence-electron chi connectivity index (χ3n) is 3.86. The van der Waals surface area contributed by atoms with Gasteiger partial charge in [-0.05, 0) is 32.8 Å². The van der Waals surface area contributed by atoms with Crippen molar-refractivity contribution in [2.24, 2.45) is 5.92 Å². The van der Waals surface area contributed by atoms with Crippen LogP contribution in [0.4, 0.5) is 11.4 Å². The van der Waals surface area contributed by atoms with Crippen LogP contribution in [0.3, 0.4) is 0 Å². The van der Waals surface area contributed by atoms with Crippen molar-refractivity contribution in [2.75, 3.05) is 24.6 Å². The Morgan fingerprint density at radius 3 is 2.95 bits per heavy atom. The number of nitro benzene ring substituents is 1. The van der Waals surface area contributed by atoms with Gasteiger partial charge in [0.05, 0.1) is 23.0 Å². The number of carbonyl (C=O) groups excluding carboxylic acids is 1. The molecule has 0 amide bonds. The number of piperidine rings is 1. The van der Waals surface area contributed by atoms with E-state index in [1.54, 1.807) is 19.9 Å². The van der Waals surface area contributed by atoms with Crippen LogP contribution in [-0.2, 0) is 9.53 Å². The Bertz CT molecular complexity index is 544. The van der Waals surface area contributed by atoms with Crippen LogP contribution in [0.15, 0.2) is 18.2 Å². The average molecular weight is 292 g/mol. The zero-order chi connectivity index (χ0) is 15.4. The molecule has 0 N–H and O–H groups in total. The van der Waals surface area contributed by atoms with Gasteiger partial charge in [-0.25, -0.2) is 0 Å². The van der Waals surface area contributed by atoms with Gasteiger partial charge < -0.3 is 9.64 Å². The van der Waals surface area contributed by atoms with Crippen molar-refractivity contribution >= 4 is 17.3 Å². The highest BCUT2D eigenvalue weighted by Crippen LogP contribution is 2.31. The molecule has 21 heavy (non-hydrogen) atoms. The van der Waals surface area contributed by atoms with E-state index in [1.807, 2.05) is 11.0 Å². The number of nitro groups is 1. The van der Waals surface area contributed by atoms with Gasteiger partial charge in [0.25, 0.3) is 5.69 Å². The number of anilines is 1. The summed E-state index contributed by atoms with van der Waals surface area (Å²) in [4.78, 5) is 24.6.